The van der Waals surface area contributed by atoms with Gasteiger partial charge in [-0.3, -0.25) is 4.79 Å². The maximum Gasteiger partial charge on any atom is 0.256 e. The molecule has 0 aliphatic carbocycles. The average Bonchev–Trinajstić information content (AvgIpc) is 3.02. The number of anilines is 2. The fourth-order valence-corrected chi connectivity index (χ4v) is 2.88. The number of carbonyl (C=O) groups excluding carboxylic acids is 1. The third-order valence-electron chi connectivity index (χ3n) is 3.94. The van der Waals surface area contributed by atoms with E-state index in [1.54, 1.807) is 35.0 Å². The monoisotopic (exact) mass is 363 g/mol. The van der Waals surface area contributed by atoms with E-state index in [1.165, 1.54) is 0 Å². The number of fused-ring (bicyclic) bond motifs is 1. The molecule has 128 valence electrons. The number of primary amides is 1. The van der Waals surface area contributed by atoms with Crippen LogP contribution in [0, 0.1) is 0 Å². The number of hydrogen-bond donors (Lipinski definition) is 2. The molecule has 0 saturated carbocycles. The van der Waals surface area contributed by atoms with Gasteiger partial charge in [0.15, 0.2) is 11.5 Å². The van der Waals surface area contributed by atoms with Gasteiger partial charge in [0, 0.05) is 22.5 Å². The van der Waals surface area contributed by atoms with E-state index < -0.39 is 5.91 Å². The van der Waals surface area contributed by atoms with E-state index in [0.717, 1.165) is 16.9 Å². The number of amides is 1. The van der Waals surface area contributed by atoms with Gasteiger partial charge in [-0.25, -0.2) is 9.50 Å². The molecule has 0 unspecified atom stereocenters. The largest absolute Gasteiger partial charge is 0.365 e. The van der Waals surface area contributed by atoms with E-state index in [9.17, 15) is 4.79 Å². The topological polar surface area (TPSA) is 85.3 Å². The van der Waals surface area contributed by atoms with E-state index >= 15 is 0 Å². The maximum absolute atomic E-state index is 12.1. The lowest BCUT2D eigenvalue weighted by Gasteiger charge is -2.04. The van der Waals surface area contributed by atoms with Crippen LogP contribution in [0.25, 0.3) is 16.9 Å². The summed E-state index contributed by atoms with van der Waals surface area (Å²) in [6, 6.07) is 18.7. The van der Waals surface area contributed by atoms with Crippen LogP contribution in [0.1, 0.15) is 10.4 Å². The number of halogens is 1. The van der Waals surface area contributed by atoms with Gasteiger partial charge < -0.3 is 11.1 Å². The van der Waals surface area contributed by atoms with Crippen LogP contribution in [-0.2, 0) is 0 Å². The Morgan fingerprint density at radius 2 is 1.77 bits per heavy atom. The van der Waals surface area contributed by atoms with Crippen molar-refractivity contribution >= 4 is 34.7 Å². The minimum Gasteiger partial charge on any atom is -0.365 e. The van der Waals surface area contributed by atoms with Gasteiger partial charge in [-0.05, 0) is 30.3 Å². The molecule has 6 nitrogen and oxygen atoms in total. The summed E-state index contributed by atoms with van der Waals surface area (Å²) in [5, 5.41) is 8.27. The quantitative estimate of drug-likeness (QED) is 0.576. The van der Waals surface area contributed by atoms with Crippen molar-refractivity contribution in [2.24, 2.45) is 5.73 Å². The Morgan fingerprint density at radius 1 is 1.04 bits per heavy atom. The van der Waals surface area contributed by atoms with Crippen LogP contribution in [0.5, 0.6) is 0 Å². The van der Waals surface area contributed by atoms with Gasteiger partial charge in [0.05, 0.1) is 5.69 Å². The summed E-state index contributed by atoms with van der Waals surface area (Å²) in [7, 11) is 0. The molecule has 2 heterocycles. The van der Waals surface area contributed by atoms with Gasteiger partial charge in [0.2, 0.25) is 0 Å². The van der Waals surface area contributed by atoms with Crippen LogP contribution in [0.15, 0.2) is 66.9 Å². The van der Waals surface area contributed by atoms with Crippen molar-refractivity contribution < 1.29 is 4.79 Å². The second kappa shape index (κ2) is 6.50. The first-order valence-corrected chi connectivity index (χ1v) is 8.27. The standard InChI is InChI=1S/C19H14ClN5O/c20-13-6-8-14(9-7-13)23-18-16(17(21)26)19-22-11-10-15(25(19)24-18)12-4-2-1-3-5-12/h1-11H,(H2,21,26)(H,23,24). The van der Waals surface area contributed by atoms with E-state index in [2.05, 4.69) is 15.4 Å². The molecule has 2 aromatic carbocycles. The fraction of sp³-hybridized carbons (Fsp3) is 0. The summed E-state index contributed by atoms with van der Waals surface area (Å²) < 4.78 is 1.62. The lowest BCUT2D eigenvalue weighted by atomic mass is 10.1. The summed E-state index contributed by atoms with van der Waals surface area (Å²) in [5.41, 5.74) is 8.73. The molecule has 4 rings (SSSR count). The zero-order valence-corrected chi connectivity index (χ0v) is 14.3. The Balaban J connectivity index is 1.89. The molecule has 2 aromatic heterocycles. The summed E-state index contributed by atoms with van der Waals surface area (Å²) in [6.07, 6.45) is 1.64. The first kappa shape index (κ1) is 16.1. The predicted octanol–water partition coefficient (Wildman–Crippen LogP) is 3.89. The minimum atomic E-state index is -0.603. The normalized spacial score (nSPS) is 10.8. The first-order chi connectivity index (χ1) is 12.6. The number of nitrogens with one attached hydrogen (secondary N) is 1. The number of nitrogens with zero attached hydrogens (tertiary/aromatic N) is 3. The van der Waals surface area contributed by atoms with Crippen molar-refractivity contribution in [1.29, 1.82) is 0 Å². The highest BCUT2D eigenvalue weighted by atomic mass is 35.5. The number of benzene rings is 2. The molecule has 7 heteroatoms. The van der Waals surface area contributed by atoms with E-state index in [4.69, 9.17) is 17.3 Å². The van der Waals surface area contributed by atoms with E-state index in [-0.39, 0.29) is 5.56 Å². The molecule has 0 aliphatic rings. The van der Waals surface area contributed by atoms with Crippen molar-refractivity contribution in [3.63, 3.8) is 0 Å². The van der Waals surface area contributed by atoms with E-state index in [1.807, 2.05) is 36.4 Å². The second-order valence-corrected chi connectivity index (χ2v) is 6.09. The Labute approximate surface area is 154 Å². The number of carbonyl (C=O) groups is 1. The lowest BCUT2D eigenvalue weighted by molar-refractivity contribution is 0.100. The van der Waals surface area contributed by atoms with Crippen LogP contribution in [-0.4, -0.2) is 20.5 Å². The molecular weight excluding hydrogens is 350 g/mol. The summed E-state index contributed by atoms with van der Waals surface area (Å²) in [5.74, 6) is -0.259. The van der Waals surface area contributed by atoms with Crippen molar-refractivity contribution in [2.75, 3.05) is 5.32 Å². The highest BCUT2D eigenvalue weighted by Gasteiger charge is 2.21. The van der Waals surface area contributed by atoms with Gasteiger partial charge in [0.1, 0.15) is 5.56 Å². The van der Waals surface area contributed by atoms with Crippen molar-refractivity contribution in [2.45, 2.75) is 0 Å². The van der Waals surface area contributed by atoms with Crippen LogP contribution < -0.4 is 11.1 Å². The predicted molar refractivity (Wildman–Crippen MR) is 102 cm³/mol. The van der Waals surface area contributed by atoms with E-state index in [0.29, 0.717) is 16.5 Å². The second-order valence-electron chi connectivity index (χ2n) is 5.65. The molecule has 0 atom stereocenters. The first-order valence-electron chi connectivity index (χ1n) is 7.89. The third-order valence-corrected chi connectivity index (χ3v) is 4.19. The van der Waals surface area contributed by atoms with Crippen molar-refractivity contribution in [3.05, 3.63) is 77.4 Å². The van der Waals surface area contributed by atoms with Gasteiger partial charge in [-0.2, -0.15) is 0 Å². The molecule has 0 aliphatic heterocycles. The molecule has 26 heavy (non-hydrogen) atoms. The molecule has 4 aromatic rings. The van der Waals surface area contributed by atoms with Gasteiger partial charge in [-0.15, -0.1) is 5.10 Å². The van der Waals surface area contributed by atoms with Gasteiger partial charge >= 0.3 is 0 Å². The molecule has 0 radical (unpaired) electrons. The highest BCUT2D eigenvalue weighted by Crippen LogP contribution is 2.27. The Kier molecular flexibility index (Phi) is 4.02. The Hall–Kier alpha value is -3.38. The molecule has 0 spiro atoms. The zero-order chi connectivity index (χ0) is 18.1. The summed E-state index contributed by atoms with van der Waals surface area (Å²) >= 11 is 5.92. The minimum absolute atomic E-state index is 0.234. The molecule has 3 N–H and O–H groups in total. The number of nitrogens with two attached hydrogens (primary N) is 1. The Morgan fingerprint density at radius 3 is 2.46 bits per heavy atom. The summed E-state index contributed by atoms with van der Waals surface area (Å²) in [4.78, 5) is 16.4. The number of hydrogen-bond acceptors (Lipinski definition) is 4. The van der Waals surface area contributed by atoms with Gasteiger partial charge in [-0.1, -0.05) is 41.9 Å². The Bertz CT molecular complexity index is 1090. The van der Waals surface area contributed by atoms with Crippen LogP contribution in [0.2, 0.25) is 5.02 Å². The van der Waals surface area contributed by atoms with Gasteiger partial charge in [0.25, 0.3) is 5.91 Å². The smallest absolute Gasteiger partial charge is 0.256 e. The SMILES string of the molecule is NC(=O)c1c(Nc2ccc(Cl)cc2)nn2c(-c3ccccc3)ccnc12. The fourth-order valence-electron chi connectivity index (χ4n) is 2.76. The molecule has 0 bridgehead atoms. The number of rotatable bonds is 4. The molecule has 0 saturated heterocycles. The molecule has 0 fully saturated rings. The molecule has 1 amide bonds. The summed E-state index contributed by atoms with van der Waals surface area (Å²) in [6.45, 7) is 0. The van der Waals surface area contributed by atoms with Crippen molar-refractivity contribution in [1.82, 2.24) is 14.6 Å². The highest BCUT2D eigenvalue weighted by molar-refractivity contribution is 6.30. The van der Waals surface area contributed by atoms with Crippen LogP contribution in [0.3, 0.4) is 0 Å². The maximum atomic E-state index is 12.1. The molecular formula is C19H14ClN5O. The number of aromatic nitrogens is 3. The lowest BCUT2D eigenvalue weighted by Crippen LogP contribution is -2.13. The zero-order valence-electron chi connectivity index (χ0n) is 13.6. The van der Waals surface area contributed by atoms with Crippen molar-refractivity contribution in [3.8, 4) is 11.3 Å². The van der Waals surface area contributed by atoms with Crippen LogP contribution >= 0.6 is 11.6 Å². The average molecular weight is 364 g/mol. The third kappa shape index (κ3) is 2.87. The van der Waals surface area contributed by atoms with Crippen LogP contribution in [0.4, 0.5) is 11.5 Å².